The van der Waals surface area contributed by atoms with Crippen LogP contribution >= 0.6 is 35.3 Å². The largest absolute Gasteiger partial charge is 0.378 e. The fraction of sp³-hybridized carbons (Fsp3) is 0.778. The van der Waals surface area contributed by atoms with E-state index in [1.54, 1.807) is 25.5 Å². The number of methoxy groups -OCH3 is 1. The third kappa shape index (κ3) is 4.66. The van der Waals surface area contributed by atoms with Gasteiger partial charge in [0.25, 0.3) is 0 Å². The lowest BCUT2D eigenvalue weighted by molar-refractivity contribution is -0.176. The monoisotopic (exact) mass is 480 g/mol. The van der Waals surface area contributed by atoms with Gasteiger partial charge in [0, 0.05) is 36.4 Å². The molecule has 5 nitrogen and oxygen atoms in total. The van der Waals surface area contributed by atoms with Crippen LogP contribution in [0.3, 0.4) is 0 Å². The van der Waals surface area contributed by atoms with Gasteiger partial charge in [0.15, 0.2) is 5.96 Å². The standard InChI is InChI=1S/C18H32N4OS.HI/c1-16(2,3)13-11-24-14(21-13)10-20-15(19-7)22-12-9-18(6,23-8)17(12,4)5;/h11-12H,9-10H2,1-8H3,(H2,19,20,22);1H. The van der Waals surface area contributed by atoms with E-state index in [-0.39, 0.29) is 40.4 Å². The Labute approximate surface area is 173 Å². The number of nitrogens with one attached hydrogen (secondary N) is 2. The Bertz CT molecular complexity index is 608. The fourth-order valence-corrected chi connectivity index (χ4v) is 3.94. The van der Waals surface area contributed by atoms with Crippen molar-refractivity contribution in [3.05, 3.63) is 16.1 Å². The molecule has 1 aromatic rings. The second-order valence-electron chi connectivity index (χ2n) is 8.36. The molecule has 1 fully saturated rings. The van der Waals surface area contributed by atoms with E-state index in [1.165, 1.54) is 0 Å². The van der Waals surface area contributed by atoms with Crippen LogP contribution in [0.1, 0.15) is 58.7 Å². The number of nitrogens with zero attached hydrogens (tertiary/aromatic N) is 2. The predicted octanol–water partition coefficient (Wildman–Crippen LogP) is 3.93. The van der Waals surface area contributed by atoms with Crippen LogP contribution in [0.5, 0.6) is 0 Å². The molecule has 0 aliphatic heterocycles. The molecular formula is C18H33IN4OS. The summed E-state index contributed by atoms with van der Waals surface area (Å²) >= 11 is 1.69. The summed E-state index contributed by atoms with van der Waals surface area (Å²) in [5, 5.41) is 10.1. The normalized spacial score (nSPS) is 25.8. The summed E-state index contributed by atoms with van der Waals surface area (Å²) in [6, 6.07) is 0.343. The number of aliphatic imine (C=N–C) groups is 1. The number of guanidine groups is 1. The number of ether oxygens (including phenoxy) is 1. The molecule has 2 atom stereocenters. The highest BCUT2D eigenvalue weighted by atomic mass is 127. The molecule has 1 saturated carbocycles. The van der Waals surface area contributed by atoms with Crippen LogP contribution in [-0.4, -0.2) is 36.7 Å². The zero-order valence-electron chi connectivity index (χ0n) is 16.7. The highest BCUT2D eigenvalue weighted by molar-refractivity contribution is 14.0. The first-order valence-corrected chi connectivity index (χ1v) is 9.38. The number of hydrogen-bond acceptors (Lipinski definition) is 4. The third-order valence-electron chi connectivity index (χ3n) is 5.54. The lowest BCUT2D eigenvalue weighted by atomic mass is 9.56. The Balaban J connectivity index is 0.00000312. The number of thiazole rings is 1. The summed E-state index contributed by atoms with van der Waals surface area (Å²) in [6.07, 6.45) is 0.975. The topological polar surface area (TPSA) is 58.5 Å². The molecule has 0 aromatic carbocycles. The van der Waals surface area contributed by atoms with Crippen molar-refractivity contribution in [1.29, 1.82) is 0 Å². The van der Waals surface area contributed by atoms with Gasteiger partial charge >= 0.3 is 0 Å². The van der Waals surface area contributed by atoms with E-state index in [2.05, 4.69) is 62.5 Å². The van der Waals surface area contributed by atoms with Gasteiger partial charge in [-0.2, -0.15) is 0 Å². The summed E-state index contributed by atoms with van der Waals surface area (Å²) in [6.45, 7) is 13.9. The van der Waals surface area contributed by atoms with Crippen molar-refractivity contribution >= 4 is 41.3 Å². The van der Waals surface area contributed by atoms with Gasteiger partial charge in [-0.3, -0.25) is 4.99 Å². The second kappa shape index (κ2) is 8.08. The Morgan fingerprint density at radius 3 is 2.48 bits per heavy atom. The number of rotatable bonds is 4. The molecule has 0 amide bonds. The van der Waals surface area contributed by atoms with E-state index >= 15 is 0 Å². The minimum absolute atomic E-state index is 0. The fourth-order valence-electron chi connectivity index (χ4n) is 2.98. The summed E-state index contributed by atoms with van der Waals surface area (Å²) in [5.74, 6) is 0.818. The van der Waals surface area contributed by atoms with Crippen molar-refractivity contribution in [1.82, 2.24) is 15.6 Å². The maximum Gasteiger partial charge on any atom is 0.191 e. The minimum atomic E-state index is -0.0829. The van der Waals surface area contributed by atoms with Gasteiger partial charge < -0.3 is 15.4 Å². The van der Waals surface area contributed by atoms with Gasteiger partial charge in [-0.25, -0.2) is 4.98 Å². The smallest absolute Gasteiger partial charge is 0.191 e. The molecule has 1 aromatic heterocycles. The van der Waals surface area contributed by atoms with Crippen molar-refractivity contribution in [3.63, 3.8) is 0 Å². The van der Waals surface area contributed by atoms with Gasteiger partial charge in [0.1, 0.15) is 5.01 Å². The van der Waals surface area contributed by atoms with Crippen molar-refractivity contribution in [2.75, 3.05) is 14.2 Å². The molecular weight excluding hydrogens is 447 g/mol. The molecule has 1 heterocycles. The van der Waals surface area contributed by atoms with Crippen LogP contribution in [-0.2, 0) is 16.7 Å². The summed E-state index contributed by atoms with van der Waals surface area (Å²) in [4.78, 5) is 9.07. The molecule has 144 valence electrons. The van der Waals surface area contributed by atoms with E-state index in [1.807, 2.05) is 0 Å². The first kappa shape index (κ1) is 22.6. The van der Waals surface area contributed by atoms with E-state index in [0.717, 1.165) is 23.1 Å². The molecule has 0 bridgehead atoms. The molecule has 25 heavy (non-hydrogen) atoms. The van der Waals surface area contributed by atoms with Crippen molar-refractivity contribution in [2.45, 2.75) is 71.6 Å². The van der Waals surface area contributed by atoms with E-state index < -0.39 is 0 Å². The first-order chi connectivity index (χ1) is 11.0. The quantitative estimate of drug-likeness (QED) is 0.390. The third-order valence-corrected chi connectivity index (χ3v) is 6.39. The van der Waals surface area contributed by atoms with Gasteiger partial charge in [0.05, 0.1) is 17.8 Å². The van der Waals surface area contributed by atoms with Crippen LogP contribution < -0.4 is 10.6 Å². The second-order valence-corrected chi connectivity index (χ2v) is 9.30. The maximum atomic E-state index is 5.69. The highest BCUT2D eigenvalue weighted by Gasteiger charge is 2.58. The zero-order chi connectivity index (χ0) is 18.2. The SMILES string of the molecule is CN=C(NCc1nc(C(C)(C)C)cs1)NC1CC(C)(OC)C1(C)C.I. The molecule has 1 aliphatic rings. The molecule has 1 aliphatic carbocycles. The summed E-state index contributed by atoms with van der Waals surface area (Å²) in [5.41, 5.74) is 1.21. The Hall–Kier alpha value is -0.410. The summed E-state index contributed by atoms with van der Waals surface area (Å²) < 4.78 is 5.69. The molecule has 0 saturated heterocycles. The van der Waals surface area contributed by atoms with Crippen LogP contribution in [0, 0.1) is 5.41 Å². The Kier molecular flexibility index (Phi) is 7.32. The molecule has 2 N–H and O–H groups in total. The zero-order valence-corrected chi connectivity index (χ0v) is 19.8. The first-order valence-electron chi connectivity index (χ1n) is 8.51. The van der Waals surface area contributed by atoms with Crippen LogP contribution in [0.2, 0.25) is 0 Å². The highest BCUT2D eigenvalue weighted by Crippen LogP contribution is 2.51. The average Bonchev–Trinajstić information content (AvgIpc) is 2.99. The average molecular weight is 480 g/mol. The van der Waals surface area contributed by atoms with E-state index in [9.17, 15) is 0 Å². The van der Waals surface area contributed by atoms with Crippen molar-refractivity contribution in [2.24, 2.45) is 10.4 Å². The van der Waals surface area contributed by atoms with Crippen LogP contribution in [0.25, 0.3) is 0 Å². The van der Waals surface area contributed by atoms with Gasteiger partial charge in [0.2, 0.25) is 0 Å². The number of halogens is 1. The molecule has 0 radical (unpaired) electrons. The van der Waals surface area contributed by atoms with Gasteiger partial charge in [-0.05, 0) is 13.3 Å². The lowest BCUT2D eigenvalue weighted by Crippen LogP contribution is -2.69. The maximum absolute atomic E-state index is 5.69. The Morgan fingerprint density at radius 2 is 2.04 bits per heavy atom. The number of aromatic nitrogens is 1. The Morgan fingerprint density at radius 1 is 1.40 bits per heavy atom. The molecule has 2 unspecified atom stereocenters. The molecule has 0 spiro atoms. The van der Waals surface area contributed by atoms with Gasteiger partial charge in [-0.1, -0.05) is 34.6 Å². The van der Waals surface area contributed by atoms with Crippen LogP contribution in [0.4, 0.5) is 0 Å². The number of hydrogen-bond donors (Lipinski definition) is 2. The van der Waals surface area contributed by atoms with E-state index in [0.29, 0.717) is 12.6 Å². The predicted molar refractivity (Wildman–Crippen MR) is 117 cm³/mol. The van der Waals surface area contributed by atoms with Gasteiger partial charge in [-0.15, -0.1) is 35.3 Å². The summed E-state index contributed by atoms with van der Waals surface area (Å²) in [7, 11) is 3.60. The molecule has 2 rings (SSSR count). The van der Waals surface area contributed by atoms with Crippen LogP contribution in [0.15, 0.2) is 10.4 Å². The van der Waals surface area contributed by atoms with Crippen molar-refractivity contribution in [3.8, 4) is 0 Å². The van der Waals surface area contributed by atoms with Crippen molar-refractivity contribution < 1.29 is 4.74 Å². The lowest BCUT2D eigenvalue weighted by Gasteiger charge is -2.59. The van der Waals surface area contributed by atoms with E-state index in [4.69, 9.17) is 9.72 Å². The molecule has 7 heteroatoms. The minimum Gasteiger partial charge on any atom is -0.378 e.